The molecule has 0 saturated heterocycles. The van der Waals surface area contributed by atoms with Gasteiger partial charge in [0.15, 0.2) is 0 Å². The number of H-pyrrole nitrogens is 1. The number of rotatable bonds is 10. The molecular weight excluding hydrogens is 366 g/mol. The molecule has 0 spiro atoms. The summed E-state index contributed by atoms with van der Waals surface area (Å²) in [6.45, 7) is 0.534. The maximum absolute atomic E-state index is 12.5. The quantitative estimate of drug-likeness (QED) is 0.397. The van der Waals surface area contributed by atoms with Crippen LogP contribution in [0.5, 0.6) is 0 Å². The second kappa shape index (κ2) is 10.3. The van der Waals surface area contributed by atoms with Crippen molar-refractivity contribution in [2.45, 2.75) is 38.1 Å². The lowest BCUT2D eigenvalue weighted by atomic mass is 10.0. The first-order valence-corrected chi connectivity index (χ1v) is 9.93. The Labute approximate surface area is 170 Å². The number of imidazole rings is 1. The Morgan fingerprint density at radius 1 is 1.00 bits per heavy atom. The molecule has 0 saturated carbocycles. The van der Waals surface area contributed by atoms with E-state index < -0.39 is 6.03 Å². The van der Waals surface area contributed by atoms with E-state index in [-0.39, 0.29) is 11.9 Å². The van der Waals surface area contributed by atoms with Gasteiger partial charge in [0.05, 0.1) is 17.1 Å². The number of aromatic amines is 1. The molecule has 1 aromatic heterocycles. The van der Waals surface area contributed by atoms with Crippen LogP contribution in [0.4, 0.5) is 4.79 Å². The third-order valence-corrected chi connectivity index (χ3v) is 4.74. The average Bonchev–Trinajstić information content (AvgIpc) is 3.15. The van der Waals surface area contributed by atoms with E-state index in [1.165, 1.54) is 0 Å². The van der Waals surface area contributed by atoms with Crippen molar-refractivity contribution in [3.63, 3.8) is 0 Å². The highest BCUT2D eigenvalue weighted by Gasteiger charge is 2.19. The maximum Gasteiger partial charge on any atom is 0.312 e. The maximum atomic E-state index is 12.5. The van der Waals surface area contributed by atoms with Gasteiger partial charge in [0, 0.05) is 13.0 Å². The molecule has 7 nitrogen and oxygen atoms in total. The van der Waals surface area contributed by atoms with Gasteiger partial charge in [0.2, 0.25) is 5.91 Å². The summed E-state index contributed by atoms with van der Waals surface area (Å²) in [5.74, 6) is 0.753. The van der Waals surface area contributed by atoms with Crippen LogP contribution in [0.25, 0.3) is 11.0 Å². The molecule has 3 rings (SSSR count). The van der Waals surface area contributed by atoms with Crippen molar-refractivity contribution >= 4 is 23.0 Å². The fraction of sp³-hybridized carbons (Fsp3) is 0.318. The topological polar surface area (TPSA) is 113 Å². The zero-order valence-corrected chi connectivity index (χ0v) is 16.4. The molecule has 3 aromatic rings. The molecule has 5 N–H and O–H groups in total. The average molecular weight is 393 g/mol. The second-order valence-corrected chi connectivity index (χ2v) is 7.05. The number of benzene rings is 2. The van der Waals surface area contributed by atoms with Gasteiger partial charge in [-0.05, 0) is 37.0 Å². The Balaban J connectivity index is 1.60. The molecule has 7 heteroatoms. The number of para-hydroxylation sites is 2. The summed E-state index contributed by atoms with van der Waals surface area (Å²) in [6.07, 6.45) is 3.50. The summed E-state index contributed by atoms with van der Waals surface area (Å²) in [4.78, 5) is 31.2. The van der Waals surface area contributed by atoms with E-state index in [1.807, 2.05) is 54.6 Å². The summed E-state index contributed by atoms with van der Waals surface area (Å²) in [7, 11) is 0. The number of aromatic nitrogens is 2. The second-order valence-electron chi connectivity index (χ2n) is 7.05. The van der Waals surface area contributed by atoms with Crippen LogP contribution in [0.3, 0.4) is 0 Å². The molecule has 1 heterocycles. The zero-order chi connectivity index (χ0) is 20.5. The molecule has 0 aliphatic rings. The van der Waals surface area contributed by atoms with E-state index in [1.54, 1.807) is 0 Å². The van der Waals surface area contributed by atoms with Crippen LogP contribution in [0.1, 0.15) is 43.1 Å². The smallest absolute Gasteiger partial charge is 0.312 e. The molecule has 152 valence electrons. The van der Waals surface area contributed by atoms with Crippen molar-refractivity contribution in [1.82, 2.24) is 20.6 Å². The Morgan fingerprint density at radius 3 is 2.52 bits per heavy atom. The van der Waals surface area contributed by atoms with E-state index in [9.17, 15) is 9.59 Å². The highest BCUT2D eigenvalue weighted by atomic mass is 16.2. The molecule has 1 atom stereocenters. The molecule has 0 aliphatic carbocycles. The predicted molar refractivity (Wildman–Crippen MR) is 113 cm³/mol. The Kier molecular flexibility index (Phi) is 7.22. The van der Waals surface area contributed by atoms with Gasteiger partial charge in [-0.2, -0.15) is 0 Å². The summed E-state index contributed by atoms with van der Waals surface area (Å²) in [5, 5.41) is 5.68. The van der Waals surface area contributed by atoms with Gasteiger partial charge in [-0.1, -0.05) is 48.9 Å². The van der Waals surface area contributed by atoms with Gasteiger partial charge in [-0.15, -0.1) is 0 Å². The molecule has 0 aliphatic heterocycles. The first kappa shape index (κ1) is 20.4. The minimum atomic E-state index is -0.516. The number of primary amides is 1. The summed E-state index contributed by atoms with van der Waals surface area (Å²) < 4.78 is 0. The highest BCUT2D eigenvalue weighted by molar-refractivity contribution is 5.77. The molecular formula is C22H27N5O2. The fourth-order valence-electron chi connectivity index (χ4n) is 3.27. The summed E-state index contributed by atoms with van der Waals surface area (Å²) >= 11 is 0. The molecule has 3 amide bonds. The van der Waals surface area contributed by atoms with Crippen LogP contribution in [-0.4, -0.2) is 28.5 Å². The van der Waals surface area contributed by atoms with E-state index in [0.29, 0.717) is 19.4 Å². The van der Waals surface area contributed by atoms with Gasteiger partial charge in [-0.3, -0.25) is 4.79 Å². The molecule has 0 radical (unpaired) electrons. The van der Waals surface area contributed by atoms with Crippen molar-refractivity contribution in [3.8, 4) is 0 Å². The molecule has 29 heavy (non-hydrogen) atoms. The lowest BCUT2D eigenvalue weighted by Crippen LogP contribution is -2.31. The van der Waals surface area contributed by atoms with Crippen LogP contribution in [0.2, 0.25) is 0 Å². The third-order valence-electron chi connectivity index (χ3n) is 4.74. The monoisotopic (exact) mass is 393 g/mol. The largest absolute Gasteiger partial charge is 0.352 e. The van der Waals surface area contributed by atoms with Crippen molar-refractivity contribution in [1.29, 1.82) is 0 Å². The Bertz CT molecular complexity index is 906. The number of carbonyl (C=O) groups excluding carboxylic acids is 2. The van der Waals surface area contributed by atoms with Gasteiger partial charge in [0.25, 0.3) is 0 Å². The number of carbonyl (C=O) groups is 2. The van der Waals surface area contributed by atoms with Gasteiger partial charge in [0.1, 0.15) is 5.82 Å². The Hall–Kier alpha value is -3.35. The SMILES string of the molecule is NC(=O)NCCCCCC(=O)N[C@H](Cc1ccccc1)c1nc2ccccc2[nH]1. The summed E-state index contributed by atoms with van der Waals surface area (Å²) in [5.41, 5.74) is 8.01. The van der Waals surface area contributed by atoms with Gasteiger partial charge >= 0.3 is 6.03 Å². The number of hydrogen-bond acceptors (Lipinski definition) is 3. The minimum absolute atomic E-state index is 0.00533. The van der Waals surface area contributed by atoms with Crippen LogP contribution in [-0.2, 0) is 11.2 Å². The summed E-state index contributed by atoms with van der Waals surface area (Å²) in [6, 6.07) is 17.2. The molecule has 0 unspecified atom stereocenters. The number of urea groups is 1. The van der Waals surface area contributed by atoms with Crippen LogP contribution < -0.4 is 16.4 Å². The van der Waals surface area contributed by atoms with E-state index >= 15 is 0 Å². The van der Waals surface area contributed by atoms with Gasteiger partial charge < -0.3 is 21.4 Å². The lowest BCUT2D eigenvalue weighted by molar-refractivity contribution is -0.122. The first-order chi connectivity index (χ1) is 14.1. The van der Waals surface area contributed by atoms with Crippen molar-refractivity contribution in [2.75, 3.05) is 6.54 Å². The third kappa shape index (κ3) is 6.34. The predicted octanol–water partition coefficient (Wildman–Crippen LogP) is 3.19. The van der Waals surface area contributed by atoms with Crippen LogP contribution >= 0.6 is 0 Å². The molecule has 0 bridgehead atoms. The van der Waals surface area contributed by atoms with Crippen molar-refractivity contribution < 1.29 is 9.59 Å². The number of nitrogens with zero attached hydrogens (tertiary/aromatic N) is 1. The van der Waals surface area contributed by atoms with Gasteiger partial charge in [-0.25, -0.2) is 9.78 Å². The number of hydrogen-bond donors (Lipinski definition) is 4. The first-order valence-electron chi connectivity index (χ1n) is 9.93. The van der Waals surface area contributed by atoms with Crippen molar-refractivity contribution in [2.24, 2.45) is 5.73 Å². The van der Waals surface area contributed by atoms with Crippen LogP contribution in [0.15, 0.2) is 54.6 Å². The number of fused-ring (bicyclic) bond motifs is 1. The minimum Gasteiger partial charge on any atom is -0.352 e. The number of nitrogens with two attached hydrogens (primary N) is 1. The zero-order valence-electron chi connectivity index (χ0n) is 16.4. The lowest BCUT2D eigenvalue weighted by Gasteiger charge is -2.17. The number of nitrogens with one attached hydrogen (secondary N) is 3. The van der Waals surface area contributed by atoms with E-state index in [0.717, 1.165) is 41.7 Å². The Morgan fingerprint density at radius 2 is 1.76 bits per heavy atom. The fourth-order valence-corrected chi connectivity index (χ4v) is 3.27. The standard InChI is InChI=1S/C22H27N5O2/c23-22(29)24-14-8-2-5-13-20(28)25-19(15-16-9-3-1-4-10-16)21-26-17-11-6-7-12-18(17)27-21/h1,3-4,6-7,9-12,19H,2,5,8,13-15H2,(H,25,28)(H,26,27)(H3,23,24,29)/t19-/m1/s1. The van der Waals surface area contributed by atoms with E-state index in [4.69, 9.17) is 5.73 Å². The number of unbranched alkanes of at least 4 members (excludes halogenated alkanes) is 2. The van der Waals surface area contributed by atoms with Crippen LogP contribution in [0, 0.1) is 0 Å². The number of amides is 3. The molecule has 0 fully saturated rings. The normalized spacial score (nSPS) is 11.9. The highest BCUT2D eigenvalue weighted by Crippen LogP contribution is 2.20. The van der Waals surface area contributed by atoms with E-state index in [2.05, 4.69) is 20.6 Å². The van der Waals surface area contributed by atoms with Crippen molar-refractivity contribution in [3.05, 3.63) is 66.0 Å². The molecule has 2 aromatic carbocycles.